The molecule has 0 aliphatic carbocycles. The summed E-state index contributed by atoms with van der Waals surface area (Å²) < 4.78 is 0. The first-order valence-corrected chi connectivity index (χ1v) is 6.88. The van der Waals surface area contributed by atoms with E-state index in [0.717, 1.165) is 45.4 Å². The number of hydrogen-bond acceptors (Lipinski definition) is 3. The van der Waals surface area contributed by atoms with Crippen LogP contribution in [-0.2, 0) is 4.79 Å². The number of likely N-dealkylation sites (tertiary alicyclic amines) is 2. The fraction of sp³-hybridized carbons (Fsp3) is 0.923. The largest absolute Gasteiger partial charge is 0.342 e. The van der Waals surface area contributed by atoms with Gasteiger partial charge in [0.05, 0.1) is 5.92 Å². The molecule has 0 aromatic carbocycles. The van der Waals surface area contributed by atoms with Gasteiger partial charge in [-0.3, -0.25) is 4.79 Å². The Kier molecular flexibility index (Phi) is 4.40. The van der Waals surface area contributed by atoms with Gasteiger partial charge < -0.3 is 15.5 Å². The van der Waals surface area contributed by atoms with Crippen LogP contribution in [0.1, 0.15) is 25.7 Å². The van der Waals surface area contributed by atoms with Crippen molar-refractivity contribution in [2.45, 2.75) is 25.7 Å². The van der Waals surface area contributed by atoms with E-state index in [1.807, 2.05) is 0 Å². The Balaban J connectivity index is 1.89. The zero-order valence-electron chi connectivity index (χ0n) is 10.9. The molecule has 2 N–H and O–H groups in total. The molecule has 0 unspecified atom stereocenters. The van der Waals surface area contributed by atoms with E-state index in [1.54, 1.807) is 0 Å². The van der Waals surface area contributed by atoms with Crippen LogP contribution in [0.3, 0.4) is 0 Å². The molecule has 4 nitrogen and oxygen atoms in total. The summed E-state index contributed by atoms with van der Waals surface area (Å²) in [6.45, 7) is 4.61. The van der Waals surface area contributed by atoms with E-state index in [-0.39, 0.29) is 5.92 Å². The Morgan fingerprint density at radius 1 is 1.24 bits per heavy atom. The van der Waals surface area contributed by atoms with E-state index >= 15 is 0 Å². The highest BCUT2D eigenvalue weighted by Gasteiger charge is 2.30. The molecule has 2 aliphatic rings. The number of hydrogen-bond donors (Lipinski definition) is 1. The maximum Gasteiger partial charge on any atom is 0.226 e. The predicted octanol–water partition coefficient (Wildman–Crippen LogP) is 0.526. The van der Waals surface area contributed by atoms with Gasteiger partial charge in [-0.2, -0.15) is 0 Å². The van der Waals surface area contributed by atoms with E-state index in [9.17, 15) is 4.79 Å². The Labute approximate surface area is 104 Å². The van der Waals surface area contributed by atoms with Crippen molar-refractivity contribution in [3.63, 3.8) is 0 Å². The summed E-state index contributed by atoms with van der Waals surface area (Å²) in [7, 11) is 2.11. The van der Waals surface area contributed by atoms with Gasteiger partial charge in [0.25, 0.3) is 0 Å². The summed E-state index contributed by atoms with van der Waals surface area (Å²) in [6.07, 6.45) is 4.52. The average molecular weight is 239 g/mol. The SMILES string of the molecule is CN1CCC[C@@H](C(=O)N2CCC[C@@H](CN)C2)C1. The predicted molar refractivity (Wildman–Crippen MR) is 68.6 cm³/mol. The van der Waals surface area contributed by atoms with Gasteiger partial charge in [0.2, 0.25) is 5.91 Å². The summed E-state index contributed by atoms with van der Waals surface area (Å²) in [5.41, 5.74) is 5.72. The first kappa shape index (κ1) is 12.8. The van der Waals surface area contributed by atoms with Crippen molar-refractivity contribution in [2.75, 3.05) is 39.8 Å². The van der Waals surface area contributed by atoms with Gasteiger partial charge in [0, 0.05) is 19.6 Å². The van der Waals surface area contributed by atoms with Crippen molar-refractivity contribution in [3.8, 4) is 0 Å². The van der Waals surface area contributed by atoms with Gasteiger partial charge in [-0.15, -0.1) is 0 Å². The fourth-order valence-electron chi connectivity index (χ4n) is 3.08. The molecule has 98 valence electrons. The third-order valence-electron chi connectivity index (χ3n) is 4.14. The van der Waals surface area contributed by atoms with Crippen LogP contribution in [0.5, 0.6) is 0 Å². The summed E-state index contributed by atoms with van der Waals surface area (Å²) in [6, 6.07) is 0. The molecular weight excluding hydrogens is 214 g/mol. The molecule has 0 spiro atoms. The Hall–Kier alpha value is -0.610. The monoisotopic (exact) mass is 239 g/mol. The zero-order valence-corrected chi connectivity index (χ0v) is 10.9. The lowest BCUT2D eigenvalue weighted by Crippen LogP contribution is -2.48. The molecule has 2 rings (SSSR count). The van der Waals surface area contributed by atoms with Crippen molar-refractivity contribution in [3.05, 3.63) is 0 Å². The zero-order chi connectivity index (χ0) is 12.3. The van der Waals surface area contributed by atoms with Crippen LogP contribution in [0.25, 0.3) is 0 Å². The smallest absolute Gasteiger partial charge is 0.226 e. The molecule has 2 fully saturated rings. The minimum atomic E-state index is 0.227. The molecule has 4 heteroatoms. The molecule has 2 heterocycles. The lowest BCUT2D eigenvalue weighted by atomic mass is 9.93. The summed E-state index contributed by atoms with van der Waals surface area (Å²) in [5.74, 6) is 1.12. The van der Waals surface area contributed by atoms with Gasteiger partial charge in [-0.1, -0.05) is 0 Å². The van der Waals surface area contributed by atoms with Crippen molar-refractivity contribution in [2.24, 2.45) is 17.6 Å². The van der Waals surface area contributed by atoms with Crippen molar-refractivity contribution >= 4 is 5.91 Å². The number of rotatable bonds is 2. The van der Waals surface area contributed by atoms with Gasteiger partial charge in [0.1, 0.15) is 0 Å². The van der Waals surface area contributed by atoms with E-state index in [1.165, 1.54) is 6.42 Å². The maximum atomic E-state index is 12.4. The van der Waals surface area contributed by atoms with Crippen molar-refractivity contribution in [1.29, 1.82) is 0 Å². The molecule has 0 bridgehead atoms. The van der Waals surface area contributed by atoms with Crippen LogP contribution in [-0.4, -0.2) is 55.5 Å². The van der Waals surface area contributed by atoms with Crippen molar-refractivity contribution in [1.82, 2.24) is 9.80 Å². The van der Waals surface area contributed by atoms with E-state index < -0.39 is 0 Å². The molecule has 1 amide bonds. The normalized spacial score (nSPS) is 31.5. The summed E-state index contributed by atoms with van der Waals surface area (Å²) in [4.78, 5) is 16.8. The summed E-state index contributed by atoms with van der Waals surface area (Å²) in [5, 5.41) is 0. The number of nitrogens with zero attached hydrogens (tertiary/aromatic N) is 2. The first-order valence-electron chi connectivity index (χ1n) is 6.88. The fourth-order valence-corrected chi connectivity index (χ4v) is 3.08. The summed E-state index contributed by atoms with van der Waals surface area (Å²) >= 11 is 0. The Bertz CT molecular complexity index is 269. The van der Waals surface area contributed by atoms with E-state index in [0.29, 0.717) is 18.4 Å². The standard InChI is InChI=1S/C13H25N3O/c1-15-6-3-5-12(10-15)13(17)16-7-2-4-11(8-14)9-16/h11-12H,2-10,14H2,1H3/t11-,12+/m0/s1. The molecule has 0 aromatic heterocycles. The second kappa shape index (κ2) is 5.83. The lowest BCUT2D eigenvalue weighted by molar-refractivity contribution is -0.139. The third kappa shape index (κ3) is 3.19. The average Bonchev–Trinajstić information content (AvgIpc) is 2.38. The quantitative estimate of drug-likeness (QED) is 0.764. The number of nitrogens with two attached hydrogens (primary N) is 1. The molecule has 2 saturated heterocycles. The maximum absolute atomic E-state index is 12.4. The lowest BCUT2D eigenvalue weighted by Gasteiger charge is -2.37. The molecule has 0 saturated carbocycles. The number of carbonyl (C=O) groups is 1. The second-order valence-electron chi connectivity index (χ2n) is 5.63. The number of piperidine rings is 2. The Morgan fingerprint density at radius 3 is 2.71 bits per heavy atom. The first-order chi connectivity index (χ1) is 8.20. The topological polar surface area (TPSA) is 49.6 Å². The molecule has 17 heavy (non-hydrogen) atoms. The highest BCUT2D eigenvalue weighted by Crippen LogP contribution is 2.22. The minimum Gasteiger partial charge on any atom is -0.342 e. The van der Waals surface area contributed by atoms with Crippen LogP contribution >= 0.6 is 0 Å². The van der Waals surface area contributed by atoms with Crippen LogP contribution in [0.2, 0.25) is 0 Å². The number of amides is 1. The van der Waals surface area contributed by atoms with Crippen LogP contribution < -0.4 is 5.73 Å². The molecular formula is C13H25N3O. The van der Waals surface area contributed by atoms with E-state index in [2.05, 4.69) is 16.8 Å². The van der Waals surface area contributed by atoms with E-state index in [4.69, 9.17) is 5.73 Å². The Morgan fingerprint density at radius 2 is 2.00 bits per heavy atom. The highest BCUT2D eigenvalue weighted by atomic mass is 16.2. The minimum absolute atomic E-state index is 0.227. The van der Waals surface area contributed by atoms with Gasteiger partial charge in [0.15, 0.2) is 0 Å². The second-order valence-corrected chi connectivity index (χ2v) is 5.63. The highest BCUT2D eigenvalue weighted by molar-refractivity contribution is 5.79. The third-order valence-corrected chi connectivity index (χ3v) is 4.14. The van der Waals surface area contributed by atoms with Crippen molar-refractivity contribution < 1.29 is 4.79 Å². The molecule has 0 radical (unpaired) electrons. The van der Waals surface area contributed by atoms with Crippen LogP contribution in [0.15, 0.2) is 0 Å². The molecule has 2 atom stereocenters. The van der Waals surface area contributed by atoms with Crippen LogP contribution in [0.4, 0.5) is 0 Å². The molecule has 2 aliphatic heterocycles. The van der Waals surface area contributed by atoms with Gasteiger partial charge in [-0.25, -0.2) is 0 Å². The number of carbonyl (C=O) groups excluding carboxylic acids is 1. The van der Waals surface area contributed by atoms with Gasteiger partial charge >= 0.3 is 0 Å². The van der Waals surface area contributed by atoms with Crippen LogP contribution in [0, 0.1) is 11.8 Å². The molecule has 0 aromatic rings. The van der Waals surface area contributed by atoms with Gasteiger partial charge in [-0.05, 0) is 51.7 Å².